The first-order valence-electron chi connectivity index (χ1n) is 16.1. The Morgan fingerprint density at radius 1 is 0.575 bits per heavy atom. The molecule has 9 heteroatoms. The summed E-state index contributed by atoms with van der Waals surface area (Å²) in [6, 6.07) is 0. The fraction of sp³-hybridized carbons (Fsp3) is 0.903. The van der Waals surface area contributed by atoms with Crippen molar-refractivity contribution in [3.05, 3.63) is 0 Å². The van der Waals surface area contributed by atoms with Gasteiger partial charge in [0.1, 0.15) is 0 Å². The highest BCUT2D eigenvalue weighted by molar-refractivity contribution is 5.95. The molecule has 224 valence electrons. The number of ketones is 1. The summed E-state index contributed by atoms with van der Waals surface area (Å²) in [6.07, 6.45) is 9.44. The number of amides is 2. The van der Waals surface area contributed by atoms with Gasteiger partial charge in [-0.1, -0.05) is 0 Å². The molecule has 6 aliphatic heterocycles. The van der Waals surface area contributed by atoms with Gasteiger partial charge in [-0.15, -0.1) is 0 Å². The van der Waals surface area contributed by atoms with Gasteiger partial charge >= 0.3 is 0 Å². The molecule has 6 fully saturated rings. The van der Waals surface area contributed by atoms with E-state index in [2.05, 4.69) is 33.4 Å². The van der Waals surface area contributed by atoms with Gasteiger partial charge in [0.2, 0.25) is 11.8 Å². The Hall–Kier alpha value is -1.55. The molecule has 2 bridgehead atoms. The summed E-state index contributed by atoms with van der Waals surface area (Å²) in [6.45, 7) is 17.5. The molecule has 9 nitrogen and oxygen atoms in total. The number of Topliss-reactive ketones (excluding diaryl/α,β-unsaturated/α-hetero) is 1. The lowest BCUT2D eigenvalue weighted by atomic mass is 9.64. The van der Waals surface area contributed by atoms with Gasteiger partial charge in [0, 0.05) is 39.3 Å². The van der Waals surface area contributed by atoms with Crippen molar-refractivity contribution in [2.75, 3.05) is 78.5 Å². The van der Waals surface area contributed by atoms with Crippen LogP contribution in [0.4, 0.5) is 0 Å². The van der Waals surface area contributed by atoms with Gasteiger partial charge in [-0.3, -0.25) is 34.0 Å². The predicted octanol–water partition coefficient (Wildman–Crippen LogP) is 2.07. The highest BCUT2D eigenvalue weighted by Gasteiger charge is 2.58. The molecular formula is C31H52N6O3. The zero-order valence-corrected chi connectivity index (χ0v) is 25.6. The van der Waals surface area contributed by atoms with E-state index in [1.807, 2.05) is 23.6 Å². The lowest BCUT2D eigenvalue weighted by Gasteiger charge is -2.55. The van der Waals surface area contributed by atoms with Crippen LogP contribution in [0, 0.1) is 10.8 Å². The van der Waals surface area contributed by atoms with Gasteiger partial charge < -0.3 is 9.80 Å². The van der Waals surface area contributed by atoms with Crippen LogP contribution in [0.25, 0.3) is 0 Å². The van der Waals surface area contributed by atoms with Crippen molar-refractivity contribution in [2.24, 2.45) is 10.8 Å². The topological polar surface area (TPSA) is 70.7 Å². The van der Waals surface area contributed by atoms with E-state index >= 15 is 0 Å². The van der Waals surface area contributed by atoms with E-state index in [9.17, 15) is 14.4 Å². The lowest BCUT2D eigenvalue weighted by Crippen LogP contribution is -2.70. The molecule has 0 spiro atoms. The summed E-state index contributed by atoms with van der Waals surface area (Å²) >= 11 is 0. The van der Waals surface area contributed by atoms with Crippen LogP contribution < -0.4 is 0 Å². The monoisotopic (exact) mass is 556 g/mol. The van der Waals surface area contributed by atoms with E-state index in [4.69, 9.17) is 0 Å². The largest absolute Gasteiger partial charge is 0.339 e. The zero-order valence-electron chi connectivity index (χ0n) is 25.6. The first kappa shape index (κ1) is 28.6. The van der Waals surface area contributed by atoms with E-state index < -0.39 is 10.8 Å². The Morgan fingerprint density at radius 3 is 1.27 bits per heavy atom. The van der Waals surface area contributed by atoms with Gasteiger partial charge in [0.15, 0.2) is 5.78 Å². The molecule has 6 rings (SSSR count). The first-order chi connectivity index (χ1) is 19.0. The third-order valence-corrected chi connectivity index (χ3v) is 11.7. The van der Waals surface area contributed by atoms with Crippen molar-refractivity contribution < 1.29 is 14.4 Å². The molecule has 6 saturated heterocycles. The van der Waals surface area contributed by atoms with Gasteiger partial charge in [-0.2, -0.15) is 0 Å². The number of hydrogen-bond donors (Lipinski definition) is 0. The summed E-state index contributed by atoms with van der Waals surface area (Å²) in [5.74, 6) is 0.491. The number of fused-ring (bicyclic) bond motifs is 2. The molecule has 6 aliphatic rings. The second kappa shape index (κ2) is 10.3. The Balaban J connectivity index is 1.12. The van der Waals surface area contributed by atoms with Crippen LogP contribution in [0.15, 0.2) is 0 Å². The fourth-order valence-electron chi connectivity index (χ4n) is 9.41. The summed E-state index contributed by atoms with van der Waals surface area (Å²) in [5, 5.41) is 0. The van der Waals surface area contributed by atoms with E-state index in [-0.39, 0.29) is 28.9 Å². The number of carbonyl (C=O) groups is 3. The molecule has 0 aromatic rings. The van der Waals surface area contributed by atoms with E-state index in [0.29, 0.717) is 39.3 Å². The summed E-state index contributed by atoms with van der Waals surface area (Å²) in [4.78, 5) is 55.1. The van der Waals surface area contributed by atoms with Crippen molar-refractivity contribution in [1.82, 2.24) is 29.4 Å². The zero-order chi connectivity index (χ0) is 28.3. The van der Waals surface area contributed by atoms with Crippen LogP contribution in [0.5, 0.6) is 0 Å². The highest BCUT2D eigenvalue weighted by atomic mass is 16.2. The molecule has 0 unspecified atom stereocenters. The molecule has 6 heterocycles. The SMILES string of the molecule is CC12CN(C(=O)CN3CCC[C@]3(C)N3CCCC3)CC(C)(CN(C(=O)CN3CCC[C@]3(C)N3CCCC3)C1)C2=O. The van der Waals surface area contributed by atoms with Crippen LogP contribution in [-0.2, 0) is 14.4 Å². The maximum absolute atomic E-state index is 13.8. The van der Waals surface area contributed by atoms with Gasteiger partial charge in [-0.25, -0.2) is 0 Å². The molecule has 0 N–H and O–H groups in total. The first-order valence-corrected chi connectivity index (χ1v) is 16.1. The maximum atomic E-state index is 13.8. The van der Waals surface area contributed by atoms with Crippen molar-refractivity contribution >= 4 is 17.6 Å². The number of rotatable bonds is 6. The van der Waals surface area contributed by atoms with E-state index in [1.165, 1.54) is 25.7 Å². The van der Waals surface area contributed by atoms with Crippen molar-refractivity contribution in [3.8, 4) is 0 Å². The molecule has 0 aromatic heterocycles. The molecule has 2 amide bonds. The number of likely N-dealkylation sites (tertiary alicyclic amines) is 6. The van der Waals surface area contributed by atoms with Crippen molar-refractivity contribution in [1.29, 1.82) is 0 Å². The fourth-order valence-corrected chi connectivity index (χ4v) is 9.41. The number of piperidine rings is 2. The molecule has 0 aromatic carbocycles. The highest BCUT2D eigenvalue weighted by Crippen LogP contribution is 2.43. The lowest BCUT2D eigenvalue weighted by molar-refractivity contribution is -0.168. The summed E-state index contributed by atoms with van der Waals surface area (Å²) in [5.41, 5.74) is -1.51. The average molecular weight is 557 g/mol. The summed E-state index contributed by atoms with van der Waals surface area (Å²) < 4.78 is 0. The van der Waals surface area contributed by atoms with E-state index in [0.717, 1.165) is 65.0 Å². The molecule has 0 saturated carbocycles. The van der Waals surface area contributed by atoms with Crippen LogP contribution in [0.1, 0.15) is 79.1 Å². The van der Waals surface area contributed by atoms with Gasteiger partial charge in [0.05, 0.1) is 35.2 Å². The molecule has 0 aliphatic carbocycles. The second-order valence-corrected chi connectivity index (χ2v) is 14.8. The maximum Gasteiger partial charge on any atom is 0.236 e. The van der Waals surface area contributed by atoms with Crippen LogP contribution in [0.3, 0.4) is 0 Å². The Kier molecular flexibility index (Phi) is 7.37. The number of carbonyl (C=O) groups excluding carboxylic acids is 3. The normalized spacial score (nSPS) is 40.0. The van der Waals surface area contributed by atoms with Crippen molar-refractivity contribution in [3.63, 3.8) is 0 Å². The Morgan fingerprint density at radius 2 is 0.925 bits per heavy atom. The number of nitrogens with zero attached hydrogens (tertiary/aromatic N) is 6. The minimum absolute atomic E-state index is 0.0379. The average Bonchev–Trinajstić information content (AvgIpc) is 3.71. The van der Waals surface area contributed by atoms with Crippen LogP contribution in [0.2, 0.25) is 0 Å². The second-order valence-electron chi connectivity index (χ2n) is 14.8. The standard InChI is InChI=1S/C31H52N6O3/c1-28-21-32(25(38)19-36-17-9-11-30(36,3)34-13-5-6-14-34)23-29(2,27(28)40)24-33(22-28)26(39)20-37-18-10-12-31(37,4)35-15-7-8-16-35/h5-24H2,1-4H3/t28?,29?,30-,31-/m1/s1. The minimum Gasteiger partial charge on any atom is -0.339 e. The molecule has 2 atom stereocenters. The third kappa shape index (κ3) is 4.73. The van der Waals surface area contributed by atoms with Gasteiger partial charge in [-0.05, 0) is 105 Å². The minimum atomic E-state index is -0.719. The molecule has 40 heavy (non-hydrogen) atoms. The quantitative estimate of drug-likeness (QED) is 0.496. The third-order valence-electron chi connectivity index (χ3n) is 11.7. The van der Waals surface area contributed by atoms with E-state index in [1.54, 1.807) is 0 Å². The van der Waals surface area contributed by atoms with Crippen LogP contribution >= 0.6 is 0 Å². The Labute approximate surface area is 241 Å². The number of hydrogen-bond acceptors (Lipinski definition) is 7. The van der Waals surface area contributed by atoms with Crippen LogP contribution in [-0.4, -0.2) is 137 Å². The van der Waals surface area contributed by atoms with Gasteiger partial charge in [0.25, 0.3) is 0 Å². The molecule has 0 radical (unpaired) electrons. The summed E-state index contributed by atoms with van der Waals surface area (Å²) in [7, 11) is 0. The Bertz CT molecular complexity index is 933. The van der Waals surface area contributed by atoms with Crippen molar-refractivity contribution in [2.45, 2.75) is 90.4 Å². The molecular weight excluding hydrogens is 504 g/mol. The predicted molar refractivity (Wildman–Crippen MR) is 154 cm³/mol. The smallest absolute Gasteiger partial charge is 0.236 e.